The number of rotatable bonds is 17. The SMILES string of the molecule is C=CCCC(=O)N[C@@H](C)[C@H](OC(=O)[C@@H]1[C@@H]2CC[C@]3(O2)[C@H](C(=O)N(CC=C)C(C)CCC)N([C@@H](CC)CO)C(=O)[C@@H]13)c1ccccc1. The summed E-state index contributed by atoms with van der Waals surface area (Å²) in [6.07, 6.45) is 5.72. The molecule has 2 N–H and O–H groups in total. The van der Waals surface area contributed by atoms with Gasteiger partial charge in [0, 0.05) is 19.0 Å². The molecular weight excluding hydrogens is 586 g/mol. The molecule has 3 fully saturated rings. The lowest BCUT2D eigenvalue weighted by atomic mass is 9.70. The van der Waals surface area contributed by atoms with Gasteiger partial charge in [-0.15, -0.1) is 13.2 Å². The molecule has 3 aliphatic rings. The van der Waals surface area contributed by atoms with Gasteiger partial charge in [-0.25, -0.2) is 0 Å². The quantitative estimate of drug-likeness (QED) is 0.195. The highest BCUT2D eigenvalue weighted by molar-refractivity contribution is 5.98. The Labute approximate surface area is 273 Å². The maximum Gasteiger partial charge on any atom is 0.313 e. The second kappa shape index (κ2) is 15.4. The number of allylic oxidation sites excluding steroid dienone is 1. The molecule has 10 nitrogen and oxygen atoms in total. The third kappa shape index (κ3) is 6.65. The molecule has 3 amide bonds. The van der Waals surface area contributed by atoms with Gasteiger partial charge in [-0.05, 0) is 51.5 Å². The summed E-state index contributed by atoms with van der Waals surface area (Å²) in [7, 11) is 0. The Balaban J connectivity index is 1.69. The van der Waals surface area contributed by atoms with Crippen LogP contribution in [0.4, 0.5) is 0 Å². The predicted octanol–water partition coefficient (Wildman–Crippen LogP) is 4.09. The number of hydrogen-bond acceptors (Lipinski definition) is 7. The standard InChI is InChI=1S/C36H51N3O7/c1-7-11-18-28(41)37-24(6)31(25-16-13-12-14-17-25)45-35(44)29-27-19-20-36(46-27)30(29)33(42)39(26(10-4)22-40)32(36)34(43)38(21-9-3)23(5)15-8-2/h7,9,12-14,16-17,23-24,26-27,29-32,40H,1,3,8,10-11,15,18-22H2,2,4-6H3,(H,37,41)/t23?,24-,26-,27-,29+,30+,31-,32-,36+/m0/s1. The molecule has 0 radical (unpaired) electrons. The van der Waals surface area contributed by atoms with Gasteiger partial charge in [-0.2, -0.15) is 0 Å². The molecule has 0 aliphatic carbocycles. The number of amides is 3. The smallest absolute Gasteiger partial charge is 0.313 e. The summed E-state index contributed by atoms with van der Waals surface area (Å²) in [6, 6.07) is 6.92. The van der Waals surface area contributed by atoms with Crippen molar-refractivity contribution in [3.05, 3.63) is 61.2 Å². The second-order valence-corrected chi connectivity index (χ2v) is 12.9. The fourth-order valence-electron chi connectivity index (χ4n) is 7.74. The van der Waals surface area contributed by atoms with Crippen LogP contribution in [-0.2, 0) is 28.7 Å². The molecule has 1 aromatic carbocycles. The minimum absolute atomic E-state index is 0.105. The molecule has 1 spiro atoms. The summed E-state index contributed by atoms with van der Waals surface area (Å²) in [4.78, 5) is 59.1. The highest BCUT2D eigenvalue weighted by Gasteiger charge is 2.75. The average molecular weight is 638 g/mol. The first kappa shape index (κ1) is 35.4. The number of fused-ring (bicyclic) bond motifs is 1. The Morgan fingerprint density at radius 2 is 1.91 bits per heavy atom. The zero-order valence-corrected chi connectivity index (χ0v) is 27.7. The zero-order valence-electron chi connectivity index (χ0n) is 27.7. The van der Waals surface area contributed by atoms with Crippen molar-refractivity contribution in [1.82, 2.24) is 15.1 Å². The van der Waals surface area contributed by atoms with E-state index in [4.69, 9.17) is 9.47 Å². The van der Waals surface area contributed by atoms with E-state index < -0.39 is 53.7 Å². The van der Waals surface area contributed by atoms with Crippen molar-refractivity contribution in [2.24, 2.45) is 11.8 Å². The number of benzene rings is 1. The third-order valence-electron chi connectivity index (χ3n) is 9.96. The molecule has 4 rings (SSSR count). The van der Waals surface area contributed by atoms with Gasteiger partial charge < -0.3 is 29.7 Å². The first-order chi connectivity index (χ1) is 22.1. The second-order valence-electron chi connectivity index (χ2n) is 12.9. The van der Waals surface area contributed by atoms with Crippen LogP contribution >= 0.6 is 0 Å². The number of carbonyl (C=O) groups excluding carboxylic acids is 4. The minimum Gasteiger partial charge on any atom is -0.455 e. The molecule has 2 bridgehead atoms. The molecule has 0 aromatic heterocycles. The van der Waals surface area contributed by atoms with Crippen molar-refractivity contribution in [3.63, 3.8) is 0 Å². The van der Waals surface area contributed by atoms with Crippen LogP contribution in [0.25, 0.3) is 0 Å². The van der Waals surface area contributed by atoms with Crippen molar-refractivity contribution in [1.29, 1.82) is 0 Å². The van der Waals surface area contributed by atoms with Gasteiger partial charge >= 0.3 is 5.97 Å². The lowest BCUT2D eigenvalue weighted by Crippen LogP contribution is -2.60. The highest BCUT2D eigenvalue weighted by Crippen LogP contribution is 2.59. The number of likely N-dealkylation sites (tertiary alicyclic amines) is 1. The van der Waals surface area contributed by atoms with Gasteiger partial charge in [-0.1, -0.05) is 62.8 Å². The molecule has 3 aliphatic heterocycles. The molecule has 3 heterocycles. The average Bonchev–Trinajstić information content (AvgIpc) is 3.69. The molecule has 10 heteroatoms. The summed E-state index contributed by atoms with van der Waals surface area (Å²) in [5.41, 5.74) is -0.515. The van der Waals surface area contributed by atoms with Crippen LogP contribution < -0.4 is 5.32 Å². The van der Waals surface area contributed by atoms with E-state index in [-0.39, 0.29) is 36.8 Å². The Bertz CT molecular complexity index is 1270. The summed E-state index contributed by atoms with van der Waals surface area (Å²) in [5.74, 6) is -3.28. The fraction of sp³-hybridized carbons (Fsp3) is 0.611. The predicted molar refractivity (Wildman–Crippen MR) is 174 cm³/mol. The number of hydrogen-bond donors (Lipinski definition) is 2. The summed E-state index contributed by atoms with van der Waals surface area (Å²) in [6.45, 7) is 15.2. The Morgan fingerprint density at radius 3 is 2.52 bits per heavy atom. The van der Waals surface area contributed by atoms with Crippen LogP contribution in [0.3, 0.4) is 0 Å². The first-order valence-electron chi connectivity index (χ1n) is 16.8. The van der Waals surface area contributed by atoms with Gasteiger partial charge in [0.2, 0.25) is 17.7 Å². The van der Waals surface area contributed by atoms with Crippen molar-refractivity contribution in [3.8, 4) is 0 Å². The van der Waals surface area contributed by atoms with E-state index in [0.29, 0.717) is 37.8 Å². The van der Waals surface area contributed by atoms with Crippen LogP contribution in [0.5, 0.6) is 0 Å². The maximum atomic E-state index is 14.5. The molecule has 9 atom stereocenters. The molecule has 252 valence electrons. The van der Waals surface area contributed by atoms with Crippen LogP contribution in [0.1, 0.15) is 84.3 Å². The minimum atomic E-state index is -1.22. The topological polar surface area (TPSA) is 125 Å². The first-order valence-corrected chi connectivity index (χ1v) is 16.8. The van der Waals surface area contributed by atoms with E-state index in [1.807, 2.05) is 44.2 Å². The van der Waals surface area contributed by atoms with E-state index >= 15 is 0 Å². The number of aliphatic hydroxyl groups is 1. The highest BCUT2D eigenvalue weighted by atomic mass is 16.6. The molecule has 0 saturated carbocycles. The monoisotopic (exact) mass is 637 g/mol. The Kier molecular flexibility index (Phi) is 11.8. The van der Waals surface area contributed by atoms with Gasteiger partial charge in [0.05, 0.1) is 36.6 Å². The largest absolute Gasteiger partial charge is 0.455 e. The van der Waals surface area contributed by atoms with E-state index in [2.05, 4.69) is 25.4 Å². The zero-order chi connectivity index (χ0) is 33.6. The number of nitrogens with one attached hydrogen (secondary N) is 1. The summed E-state index contributed by atoms with van der Waals surface area (Å²) < 4.78 is 12.8. The van der Waals surface area contributed by atoms with Gasteiger partial charge in [0.15, 0.2) is 0 Å². The third-order valence-corrected chi connectivity index (χ3v) is 9.96. The summed E-state index contributed by atoms with van der Waals surface area (Å²) in [5, 5.41) is 13.3. The van der Waals surface area contributed by atoms with Gasteiger partial charge in [-0.3, -0.25) is 19.2 Å². The van der Waals surface area contributed by atoms with Gasteiger partial charge in [0.25, 0.3) is 0 Å². The van der Waals surface area contributed by atoms with Crippen molar-refractivity contribution < 1.29 is 33.8 Å². The Morgan fingerprint density at radius 1 is 1.20 bits per heavy atom. The lowest BCUT2D eigenvalue weighted by Gasteiger charge is -2.40. The van der Waals surface area contributed by atoms with E-state index in [0.717, 1.165) is 12.8 Å². The van der Waals surface area contributed by atoms with Crippen LogP contribution in [0, 0.1) is 11.8 Å². The number of carbonyl (C=O) groups is 4. The molecular formula is C36H51N3O7. The van der Waals surface area contributed by atoms with E-state index in [9.17, 15) is 24.3 Å². The van der Waals surface area contributed by atoms with E-state index in [1.165, 1.54) is 4.90 Å². The van der Waals surface area contributed by atoms with E-state index in [1.54, 1.807) is 24.0 Å². The molecule has 1 aromatic rings. The normalized spacial score (nSPS) is 27.3. The van der Waals surface area contributed by atoms with Crippen molar-refractivity contribution >= 4 is 23.7 Å². The number of ether oxygens (including phenoxy) is 2. The lowest BCUT2D eigenvalue weighted by molar-refractivity contribution is -0.162. The fourth-order valence-corrected chi connectivity index (χ4v) is 7.74. The molecule has 1 unspecified atom stereocenters. The summed E-state index contributed by atoms with van der Waals surface area (Å²) >= 11 is 0. The van der Waals surface area contributed by atoms with Crippen molar-refractivity contribution in [2.75, 3.05) is 13.2 Å². The molecule has 46 heavy (non-hydrogen) atoms. The van der Waals surface area contributed by atoms with Gasteiger partial charge in [0.1, 0.15) is 17.7 Å². The molecule has 3 saturated heterocycles. The number of esters is 1. The Hall–Kier alpha value is -3.50. The van der Waals surface area contributed by atoms with Crippen LogP contribution in [-0.4, -0.2) is 87.6 Å². The number of nitrogens with zero attached hydrogens (tertiary/aromatic N) is 2. The maximum absolute atomic E-state index is 14.5. The van der Waals surface area contributed by atoms with Crippen LogP contribution in [0.2, 0.25) is 0 Å². The number of aliphatic hydroxyl groups excluding tert-OH is 1. The van der Waals surface area contributed by atoms with Crippen LogP contribution in [0.15, 0.2) is 55.6 Å². The van der Waals surface area contributed by atoms with Crippen molar-refractivity contribution in [2.45, 2.75) is 115 Å².